The molecule has 0 unspecified atom stereocenters. The van der Waals surface area contributed by atoms with Gasteiger partial charge in [0.15, 0.2) is 0 Å². The van der Waals surface area contributed by atoms with E-state index in [2.05, 4.69) is 42.2 Å². The van der Waals surface area contributed by atoms with Crippen LogP contribution in [0.5, 0.6) is 0 Å². The number of benzene rings is 1. The lowest BCUT2D eigenvalue weighted by Gasteiger charge is -2.04. The Morgan fingerprint density at radius 2 is 1.80 bits per heavy atom. The van der Waals surface area contributed by atoms with Gasteiger partial charge in [-0.25, -0.2) is 0 Å². The smallest absolute Gasteiger partial charge is 0.00311 e. The molecule has 0 amide bonds. The van der Waals surface area contributed by atoms with Crippen LogP contribution in [-0.4, -0.2) is 7.05 Å². The number of allylic oxidation sites excluding steroid dienone is 1. The van der Waals surface area contributed by atoms with Crippen molar-refractivity contribution >= 4 is 0 Å². The van der Waals surface area contributed by atoms with Crippen LogP contribution in [0.3, 0.4) is 0 Å². The maximum Gasteiger partial charge on any atom is 0.00311 e. The van der Waals surface area contributed by atoms with E-state index in [1.165, 1.54) is 12.0 Å². The third-order valence-electron chi connectivity index (χ3n) is 2.14. The molecule has 0 atom stereocenters. The number of aryl methyl sites for hydroxylation is 1. The summed E-state index contributed by atoms with van der Waals surface area (Å²) in [7, 11) is 1.92. The van der Waals surface area contributed by atoms with E-state index < -0.39 is 0 Å². The second-order valence-electron chi connectivity index (χ2n) is 3.19. The second-order valence-corrected chi connectivity index (χ2v) is 3.19. The largest absolute Gasteiger partial charge is 0.392 e. The van der Waals surface area contributed by atoms with Gasteiger partial charge >= 0.3 is 0 Å². The quantitative estimate of drug-likeness (QED) is 0.771. The molecule has 1 rings (SSSR count). The molecule has 0 fully saturated rings. The standard InChI is InChI=1S/C12H17N.C2H6/c1-11(13-2)7-6-10-12-8-4-3-5-9-12;1-2/h3-5,8-9,13H,1,6-7,10H2,2H3;1-2H3. The normalized spacial score (nSPS) is 8.73. The maximum absolute atomic E-state index is 3.89. The molecule has 1 nitrogen and oxygen atoms in total. The van der Waals surface area contributed by atoms with Crippen LogP contribution >= 0.6 is 0 Å². The molecular weight excluding hydrogens is 182 g/mol. The van der Waals surface area contributed by atoms with Gasteiger partial charge in [-0.1, -0.05) is 50.8 Å². The van der Waals surface area contributed by atoms with Crippen LogP contribution in [0.25, 0.3) is 0 Å². The highest BCUT2D eigenvalue weighted by Crippen LogP contribution is 2.06. The maximum atomic E-state index is 3.89. The van der Waals surface area contributed by atoms with Gasteiger partial charge < -0.3 is 5.32 Å². The van der Waals surface area contributed by atoms with Crippen molar-refractivity contribution in [3.63, 3.8) is 0 Å². The minimum Gasteiger partial charge on any atom is -0.392 e. The number of hydrogen-bond donors (Lipinski definition) is 1. The van der Waals surface area contributed by atoms with Crippen LogP contribution in [0.15, 0.2) is 42.6 Å². The molecule has 1 N–H and O–H groups in total. The first kappa shape index (κ1) is 13.8. The van der Waals surface area contributed by atoms with Gasteiger partial charge in [0, 0.05) is 12.7 Å². The molecule has 0 aliphatic carbocycles. The Kier molecular flexibility index (Phi) is 8.55. The fourth-order valence-corrected chi connectivity index (χ4v) is 1.28. The van der Waals surface area contributed by atoms with Crippen LogP contribution in [-0.2, 0) is 6.42 Å². The molecule has 1 aromatic carbocycles. The van der Waals surface area contributed by atoms with E-state index in [0.717, 1.165) is 18.5 Å². The van der Waals surface area contributed by atoms with Crippen LogP contribution < -0.4 is 5.32 Å². The van der Waals surface area contributed by atoms with Crippen molar-refractivity contribution in [2.45, 2.75) is 33.1 Å². The van der Waals surface area contributed by atoms with E-state index in [1.807, 2.05) is 20.9 Å². The summed E-state index contributed by atoms with van der Waals surface area (Å²) in [5.74, 6) is 0. The minimum atomic E-state index is 1.06. The molecule has 15 heavy (non-hydrogen) atoms. The zero-order chi connectivity index (χ0) is 11.5. The predicted molar refractivity (Wildman–Crippen MR) is 68.9 cm³/mol. The van der Waals surface area contributed by atoms with Gasteiger partial charge in [-0.15, -0.1) is 0 Å². The van der Waals surface area contributed by atoms with E-state index >= 15 is 0 Å². The Morgan fingerprint density at radius 3 is 2.33 bits per heavy atom. The first-order valence-corrected chi connectivity index (χ1v) is 5.72. The summed E-state index contributed by atoms with van der Waals surface area (Å²) in [6.45, 7) is 7.89. The van der Waals surface area contributed by atoms with Crippen molar-refractivity contribution in [1.82, 2.24) is 5.32 Å². The van der Waals surface area contributed by atoms with Crippen molar-refractivity contribution in [3.8, 4) is 0 Å². The van der Waals surface area contributed by atoms with Crippen LogP contribution in [0.1, 0.15) is 32.3 Å². The number of rotatable bonds is 5. The highest BCUT2D eigenvalue weighted by Gasteiger charge is 1.93. The molecule has 0 saturated heterocycles. The molecule has 0 heterocycles. The molecule has 0 spiro atoms. The van der Waals surface area contributed by atoms with E-state index in [9.17, 15) is 0 Å². The summed E-state index contributed by atoms with van der Waals surface area (Å²) >= 11 is 0. The molecule has 0 saturated carbocycles. The predicted octanol–water partition coefficient (Wildman–Crippen LogP) is 3.77. The molecule has 1 aromatic rings. The topological polar surface area (TPSA) is 12.0 Å². The Hall–Kier alpha value is -1.24. The monoisotopic (exact) mass is 205 g/mol. The molecular formula is C14H23N. The van der Waals surface area contributed by atoms with Gasteiger partial charge in [-0.05, 0) is 24.8 Å². The fraction of sp³-hybridized carbons (Fsp3) is 0.429. The van der Waals surface area contributed by atoms with E-state index in [4.69, 9.17) is 0 Å². The van der Waals surface area contributed by atoms with Gasteiger partial charge in [-0.2, -0.15) is 0 Å². The van der Waals surface area contributed by atoms with Crippen molar-refractivity contribution in [1.29, 1.82) is 0 Å². The third kappa shape index (κ3) is 6.78. The molecule has 84 valence electrons. The Balaban J connectivity index is 0.000000921. The number of hydrogen-bond acceptors (Lipinski definition) is 1. The van der Waals surface area contributed by atoms with Crippen molar-refractivity contribution in [2.75, 3.05) is 7.05 Å². The first-order chi connectivity index (χ1) is 7.33. The summed E-state index contributed by atoms with van der Waals surface area (Å²) in [5, 5.41) is 3.06. The third-order valence-corrected chi connectivity index (χ3v) is 2.14. The lowest BCUT2D eigenvalue weighted by atomic mass is 10.1. The Labute approximate surface area is 94.2 Å². The highest BCUT2D eigenvalue weighted by atomic mass is 14.8. The number of nitrogens with one attached hydrogen (secondary N) is 1. The average Bonchev–Trinajstić information content (AvgIpc) is 2.33. The molecule has 1 heteroatoms. The summed E-state index contributed by atoms with van der Waals surface area (Å²) < 4.78 is 0. The van der Waals surface area contributed by atoms with Crippen molar-refractivity contribution < 1.29 is 0 Å². The van der Waals surface area contributed by atoms with Crippen LogP contribution in [0.4, 0.5) is 0 Å². The van der Waals surface area contributed by atoms with Crippen LogP contribution in [0, 0.1) is 0 Å². The van der Waals surface area contributed by atoms with Gasteiger partial charge in [0.25, 0.3) is 0 Å². The van der Waals surface area contributed by atoms with Crippen molar-refractivity contribution in [2.24, 2.45) is 0 Å². The molecule has 0 aromatic heterocycles. The highest BCUT2D eigenvalue weighted by molar-refractivity contribution is 5.14. The Bertz CT molecular complexity index is 251. The lowest BCUT2D eigenvalue weighted by Crippen LogP contribution is -2.04. The van der Waals surface area contributed by atoms with Crippen molar-refractivity contribution in [3.05, 3.63) is 48.2 Å². The van der Waals surface area contributed by atoms with Gasteiger partial charge in [0.05, 0.1) is 0 Å². The zero-order valence-corrected chi connectivity index (χ0v) is 10.2. The summed E-state index contributed by atoms with van der Waals surface area (Å²) in [6.07, 6.45) is 3.37. The molecule has 0 bridgehead atoms. The van der Waals surface area contributed by atoms with Gasteiger partial charge in [0.2, 0.25) is 0 Å². The summed E-state index contributed by atoms with van der Waals surface area (Å²) in [4.78, 5) is 0. The molecule has 0 aliphatic rings. The first-order valence-electron chi connectivity index (χ1n) is 5.72. The SMILES string of the molecule is C=C(CCCc1ccccc1)NC.CC. The second kappa shape index (κ2) is 9.32. The van der Waals surface area contributed by atoms with E-state index in [0.29, 0.717) is 0 Å². The van der Waals surface area contributed by atoms with E-state index in [-0.39, 0.29) is 0 Å². The van der Waals surface area contributed by atoms with Gasteiger partial charge in [0.1, 0.15) is 0 Å². The minimum absolute atomic E-state index is 1.06. The molecule has 0 aliphatic heterocycles. The Morgan fingerprint density at radius 1 is 1.20 bits per heavy atom. The van der Waals surface area contributed by atoms with Gasteiger partial charge in [-0.3, -0.25) is 0 Å². The fourth-order valence-electron chi connectivity index (χ4n) is 1.28. The van der Waals surface area contributed by atoms with E-state index in [1.54, 1.807) is 0 Å². The average molecular weight is 205 g/mol. The summed E-state index contributed by atoms with van der Waals surface area (Å²) in [5.41, 5.74) is 2.53. The summed E-state index contributed by atoms with van der Waals surface area (Å²) in [6, 6.07) is 10.6. The zero-order valence-electron chi connectivity index (χ0n) is 10.2. The lowest BCUT2D eigenvalue weighted by molar-refractivity contribution is 0.764. The molecule has 0 radical (unpaired) electrons. The van der Waals surface area contributed by atoms with Crippen LogP contribution in [0.2, 0.25) is 0 Å².